The molecule has 0 N–H and O–H groups in total. The van der Waals surface area contributed by atoms with Crippen LogP contribution in [0.5, 0.6) is 0 Å². The lowest BCUT2D eigenvalue weighted by Gasteiger charge is -2.08. The quantitative estimate of drug-likeness (QED) is 0.627. The number of nitriles is 1. The van der Waals surface area contributed by atoms with Crippen LogP contribution >= 0.6 is 11.8 Å². The van der Waals surface area contributed by atoms with Crippen molar-refractivity contribution in [1.82, 2.24) is 4.98 Å². The van der Waals surface area contributed by atoms with Crippen molar-refractivity contribution >= 4 is 17.7 Å². The van der Waals surface area contributed by atoms with E-state index in [1.54, 1.807) is 18.3 Å². The van der Waals surface area contributed by atoms with Crippen molar-refractivity contribution in [2.75, 3.05) is 7.11 Å². The molecule has 21 heavy (non-hydrogen) atoms. The molecule has 0 atom stereocenters. The molecule has 1 aromatic carbocycles. The lowest BCUT2D eigenvalue weighted by molar-refractivity contribution is -0.139. The first kappa shape index (κ1) is 15.1. The zero-order chi connectivity index (χ0) is 15.1. The van der Waals surface area contributed by atoms with Crippen molar-refractivity contribution in [3.05, 3.63) is 59.3 Å². The second-order valence-corrected chi connectivity index (χ2v) is 5.30. The van der Waals surface area contributed by atoms with Crippen molar-refractivity contribution in [2.24, 2.45) is 0 Å². The molecule has 0 amide bonds. The Labute approximate surface area is 127 Å². The number of thioether (sulfide) groups is 1. The normalized spacial score (nSPS) is 9.90. The van der Waals surface area contributed by atoms with Crippen LogP contribution in [0.3, 0.4) is 0 Å². The van der Waals surface area contributed by atoms with Gasteiger partial charge in [-0.1, -0.05) is 24.3 Å². The van der Waals surface area contributed by atoms with Gasteiger partial charge in [-0.25, -0.2) is 4.98 Å². The first-order chi connectivity index (χ1) is 10.2. The zero-order valence-corrected chi connectivity index (χ0v) is 12.4. The largest absolute Gasteiger partial charge is 0.469 e. The number of carbonyl (C=O) groups excluding carboxylic acids is 1. The molecule has 106 valence electrons. The van der Waals surface area contributed by atoms with Gasteiger partial charge in [0.2, 0.25) is 0 Å². The third kappa shape index (κ3) is 4.33. The molecule has 0 spiro atoms. The Morgan fingerprint density at radius 1 is 1.33 bits per heavy atom. The van der Waals surface area contributed by atoms with Crippen molar-refractivity contribution < 1.29 is 9.53 Å². The Morgan fingerprint density at radius 2 is 2.10 bits per heavy atom. The standard InChI is InChI=1S/C16H14N2O2S/c1-20-16(19)9-13-4-2-3-5-14(13)11-21-15-8-12(10-17)6-7-18-15/h2-8H,9,11H2,1H3. The molecule has 0 aliphatic carbocycles. The molecule has 0 radical (unpaired) electrons. The Kier molecular flexibility index (Phi) is 5.35. The van der Waals surface area contributed by atoms with Gasteiger partial charge < -0.3 is 4.74 Å². The van der Waals surface area contributed by atoms with Gasteiger partial charge in [-0.05, 0) is 23.3 Å². The van der Waals surface area contributed by atoms with Gasteiger partial charge in [0.15, 0.2) is 0 Å². The summed E-state index contributed by atoms with van der Waals surface area (Å²) >= 11 is 1.54. The Balaban J connectivity index is 2.09. The third-order valence-electron chi connectivity index (χ3n) is 2.92. The average Bonchev–Trinajstić information content (AvgIpc) is 2.54. The summed E-state index contributed by atoms with van der Waals surface area (Å²) in [4.78, 5) is 15.6. The average molecular weight is 298 g/mol. The van der Waals surface area contributed by atoms with Crippen LogP contribution in [0.15, 0.2) is 47.6 Å². The molecule has 2 rings (SSSR count). The fourth-order valence-electron chi connectivity index (χ4n) is 1.81. The molecule has 4 nitrogen and oxygen atoms in total. The van der Waals surface area contributed by atoms with Gasteiger partial charge in [-0.2, -0.15) is 5.26 Å². The van der Waals surface area contributed by atoms with Crippen LogP contribution in [-0.4, -0.2) is 18.1 Å². The first-order valence-electron chi connectivity index (χ1n) is 6.35. The summed E-state index contributed by atoms with van der Waals surface area (Å²) in [5.74, 6) is 0.437. The highest BCUT2D eigenvalue weighted by Gasteiger charge is 2.08. The number of benzene rings is 1. The van der Waals surface area contributed by atoms with E-state index in [-0.39, 0.29) is 12.4 Å². The predicted octanol–water partition coefficient (Wildman–Crippen LogP) is 2.96. The maximum absolute atomic E-state index is 11.4. The molecule has 5 heteroatoms. The Hall–Kier alpha value is -2.32. The van der Waals surface area contributed by atoms with Crippen molar-refractivity contribution in [3.8, 4) is 6.07 Å². The van der Waals surface area contributed by atoms with Crippen LogP contribution < -0.4 is 0 Å². The number of rotatable bonds is 5. The second kappa shape index (κ2) is 7.46. The first-order valence-corrected chi connectivity index (χ1v) is 7.34. The molecule has 0 fully saturated rings. The predicted molar refractivity (Wildman–Crippen MR) is 80.7 cm³/mol. The van der Waals surface area contributed by atoms with Gasteiger partial charge in [0.05, 0.1) is 30.2 Å². The highest BCUT2D eigenvalue weighted by Crippen LogP contribution is 2.23. The van der Waals surface area contributed by atoms with Gasteiger partial charge in [0, 0.05) is 11.9 Å². The molecule has 0 bridgehead atoms. The van der Waals surface area contributed by atoms with Crippen LogP contribution in [0.25, 0.3) is 0 Å². The maximum atomic E-state index is 11.4. The molecule has 1 heterocycles. The van der Waals surface area contributed by atoms with Crippen LogP contribution in [0.2, 0.25) is 0 Å². The summed E-state index contributed by atoms with van der Waals surface area (Å²) in [6.45, 7) is 0. The third-order valence-corrected chi connectivity index (χ3v) is 3.89. The monoisotopic (exact) mass is 298 g/mol. The SMILES string of the molecule is COC(=O)Cc1ccccc1CSc1cc(C#N)ccn1. The van der Waals surface area contributed by atoms with Crippen molar-refractivity contribution in [3.63, 3.8) is 0 Å². The van der Waals surface area contributed by atoms with Gasteiger partial charge in [-0.3, -0.25) is 4.79 Å². The minimum absolute atomic E-state index is 0.253. The van der Waals surface area contributed by atoms with Crippen LogP contribution in [0.1, 0.15) is 16.7 Å². The van der Waals surface area contributed by atoms with E-state index in [1.807, 2.05) is 24.3 Å². The second-order valence-electron chi connectivity index (χ2n) is 4.30. The number of ether oxygens (including phenoxy) is 1. The van der Waals surface area contributed by atoms with Gasteiger partial charge >= 0.3 is 5.97 Å². The van der Waals surface area contributed by atoms with Gasteiger partial charge in [0.1, 0.15) is 0 Å². The summed E-state index contributed by atoms with van der Waals surface area (Å²) < 4.78 is 4.71. The van der Waals surface area contributed by atoms with Crippen LogP contribution in [0.4, 0.5) is 0 Å². The van der Waals surface area contributed by atoms with Crippen LogP contribution in [-0.2, 0) is 21.7 Å². The molecular weight excluding hydrogens is 284 g/mol. The number of esters is 1. The lowest BCUT2D eigenvalue weighted by atomic mass is 10.1. The number of pyridine rings is 1. The zero-order valence-electron chi connectivity index (χ0n) is 11.6. The van der Waals surface area contributed by atoms with E-state index in [4.69, 9.17) is 10.00 Å². The fourth-order valence-corrected chi connectivity index (χ4v) is 2.74. The van der Waals surface area contributed by atoms with E-state index >= 15 is 0 Å². The molecule has 1 aromatic heterocycles. The summed E-state index contributed by atoms with van der Waals surface area (Å²) in [6, 6.07) is 13.3. The highest BCUT2D eigenvalue weighted by atomic mass is 32.2. The number of hydrogen-bond acceptors (Lipinski definition) is 5. The highest BCUT2D eigenvalue weighted by molar-refractivity contribution is 7.98. The number of methoxy groups -OCH3 is 1. The molecule has 0 aliphatic heterocycles. The topological polar surface area (TPSA) is 63.0 Å². The van der Waals surface area contributed by atoms with Crippen LogP contribution in [0, 0.1) is 11.3 Å². The number of nitrogens with zero attached hydrogens (tertiary/aromatic N) is 2. The van der Waals surface area contributed by atoms with Crippen molar-refractivity contribution in [2.45, 2.75) is 17.2 Å². The summed E-state index contributed by atoms with van der Waals surface area (Å²) in [5, 5.41) is 9.67. The number of aromatic nitrogens is 1. The summed E-state index contributed by atoms with van der Waals surface area (Å²) in [5.41, 5.74) is 2.61. The smallest absolute Gasteiger partial charge is 0.309 e. The molecule has 0 unspecified atom stereocenters. The van der Waals surface area contributed by atoms with E-state index in [0.29, 0.717) is 11.3 Å². The van der Waals surface area contributed by atoms with E-state index < -0.39 is 0 Å². The van der Waals surface area contributed by atoms with Gasteiger partial charge in [-0.15, -0.1) is 11.8 Å². The minimum Gasteiger partial charge on any atom is -0.469 e. The summed E-state index contributed by atoms with van der Waals surface area (Å²) in [6.07, 6.45) is 1.89. The Morgan fingerprint density at radius 3 is 2.81 bits per heavy atom. The van der Waals surface area contributed by atoms with E-state index in [1.165, 1.54) is 18.9 Å². The number of hydrogen-bond donors (Lipinski definition) is 0. The van der Waals surface area contributed by atoms with E-state index in [9.17, 15) is 4.79 Å². The Bertz CT molecular complexity index is 680. The molecule has 0 saturated carbocycles. The lowest BCUT2D eigenvalue weighted by Crippen LogP contribution is -2.06. The van der Waals surface area contributed by atoms with E-state index in [2.05, 4.69) is 11.1 Å². The van der Waals surface area contributed by atoms with E-state index in [0.717, 1.165) is 16.2 Å². The molecule has 0 saturated heterocycles. The minimum atomic E-state index is -0.253. The van der Waals surface area contributed by atoms with Gasteiger partial charge in [0.25, 0.3) is 0 Å². The molecular formula is C16H14N2O2S. The van der Waals surface area contributed by atoms with Crippen molar-refractivity contribution in [1.29, 1.82) is 5.26 Å². The number of carbonyl (C=O) groups is 1. The maximum Gasteiger partial charge on any atom is 0.309 e. The molecule has 2 aromatic rings. The fraction of sp³-hybridized carbons (Fsp3) is 0.188. The summed E-state index contributed by atoms with van der Waals surface area (Å²) in [7, 11) is 1.39. The molecule has 0 aliphatic rings.